The summed E-state index contributed by atoms with van der Waals surface area (Å²) in [7, 11) is 3.57. The number of amides is 1. The highest BCUT2D eigenvalue weighted by molar-refractivity contribution is 6.04. The van der Waals surface area contributed by atoms with E-state index in [-0.39, 0.29) is 5.91 Å². The van der Waals surface area contributed by atoms with E-state index in [4.69, 9.17) is 4.74 Å². The van der Waals surface area contributed by atoms with Gasteiger partial charge in [-0.05, 0) is 37.1 Å². The van der Waals surface area contributed by atoms with E-state index in [1.54, 1.807) is 37.6 Å². The summed E-state index contributed by atoms with van der Waals surface area (Å²) in [6.07, 6.45) is 4.91. The summed E-state index contributed by atoms with van der Waals surface area (Å²) in [5, 5.41) is 13.4. The third-order valence-electron chi connectivity index (χ3n) is 4.73. The van der Waals surface area contributed by atoms with Crippen molar-refractivity contribution >= 4 is 17.3 Å². The van der Waals surface area contributed by atoms with Crippen LogP contribution in [0, 0.1) is 0 Å². The maximum atomic E-state index is 12.6. The number of hydrogen-bond acceptors (Lipinski definition) is 5. The Labute approximate surface area is 153 Å². The zero-order valence-electron chi connectivity index (χ0n) is 15.2. The Balaban J connectivity index is 1.83. The first-order valence-corrected chi connectivity index (χ1v) is 8.93. The molecule has 0 saturated heterocycles. The SMILES string of the molecule is COc1ccc(NC(=O)c2ccc3c(c2)C(O)CCCCCN3C)cn1. The van der Waals surface area contributed by atoms with Gasteiger partial charge < -0.3 is 20.1 Å². The summed E-state index contributed by atoms with van der Waals surface area (Å²) in [5.41, 5.74) is 2.92. The zero-order chi connectivity index (χ0) is 18.5. The Kier molecular flexibility index (Phi) is 5.73. The van der Waals surface area contributed by atoms with Gasteiger partial charge in [0, 0.05) is 36.5 Å². The summed E-state index contributed by atoms with van der Waals surface area (Å²) in [4.78, 5) is 18.8. The number of carbonyl (C=O) groups is 1. The second-order valence-corrected chi connectivity index (χ2v) is 6.60. The number of benzene rings is 1. The summed E-state index contributed by atoms with van der Waals surface area (Å²) in [6.45, 7) is 0.947. The van der Waals surface area contributed by atoms with Gasteiger partial charge in [0.15, 0.2) is 0 Å². The molecule has 1 atom stereocenters. The Morgan fingerprint density at radius 1 is 1.27 bits per heavy atom. The zero-order valence-corrected chi connectivity index (χ0v) is 15.2. The Morgan fingerprint density at radius 2 is 2.12 bits per heavy atom. The van der Waals surface area contributed by atoms with Gasteiger partial charge in [0.25, 0.3) is 5.91 Å². The van der Waals surface area contributed by atoms with E-state index in [1.807, 2.05) is 13.1 Å². The summed E-state index contributed by atoms with van der Waals surface area (Å²) in [5.74, 6) is 0.265. The molecule has 0 aliphatic carbocycles. The molecule has 3 rings (SSSR count). The molecule has 0 bridgehead atoms. The number of nitrogens with one attached hydrogen (secondary N) is 1. The van der Waals surface area contributed by atoms with Crippen LogP contribution in [0.25, 0.3) is 0 Å². The highest BCUT2D eigenvalue weighted by atomic mass is 16.5. The molecular weight excluding hydrogens is 330 g/mol. The van der Waals surface area contributed by atoms with Crippen LogP contribution in [0.4, 0.5) is 11.4 Å². The van der Waals surface area contributed by atoms with Crippen LogP contribution in [0.3, 0.4) is 0 Å². The lowest BCUT2D eigenvalue weighted by atomic mass is 9.99. The van der Waals surface area contributed by atoms with Crippen molar-refractivity contribution in [2.45, 2.75) is 31.8 Å². The van der Waals surface area contributed by atoms with E-state index in [2.05, 4.69) is 15.2 Å². The van der Waals surface area contributed by atoms with Crippen LogP contribution in [-0.2, 0) is 0 Å². The highest BCUT2D eigenvalue weighted by Crippen LogP contribution is 2.32. The van der Waals surface area contributed by atoms with Gasteiger partial charge in [-0.1, -0.05) is 12.8 Å². The Morgan fingerprint density at radius 3 is 2.85 bits per heavy atom. The van der Waals surface area contributed by atoms with Crippen molar-refractivity contribution in [3.8, 4) is 5.88 Å². The standard InChI is InChI=1S/C20H25N3O3/c1-23-11-5-3-4-6-18(24)16-12-14(7-9-17(16)23)20(25)22-15-8-10-19(26-2)21-13-15/h7-10,12-13,18,24H,3-6,11H2,1-2H3,(H,22,25). The number of aromatic nitrogens is 1. The van der Waals surface area contributed by atoms with Gasteiger partial charge in [0.2, 0.25) is 5.88 Å². The van der Waals surface area contributed by atoms with E-state index in [0.717, 1.165) is 37.1 Å². The molecule has 1 aromatic heterocycles. The molecule has 26 heavy (non-hydrogen) atoms. The normalized spacial score (nSPS) is 17.5. The lowest BCUT2D eigenvalue weighted by molar-refractivity contribution is 0.102. The predicted octanol–water partition coefficient (Wildman–Crippen LogP) is 3.39. The quantitative estimate of drug-likeness (QED) is 0.883. The van der Waals surface area contributed by atoms with Crippen molar-refractivity contribution < 1.29 is 14.6 Å². The number of hydrogen-bond donors (Lipinski definition) is 2. The molecule has 1 aliphatic heterocycles. The fourth-order valence-electron chi connectivity index (χ4n) is 3.23. The number of aliphatic hydroxyl groups is 1. The van der Waals surface area contributed by atoms with E-state index >= 15 is 0 Å². The molecule has 138 valence electrons. The first-order valence-electron chi connectivity index (χ1n) is 8.93. The van der Waals surface area contributed by atoms with Crippen molar-refractivity contribution in [2.24, 2.45) is 0 Å². The van der Waals surface area contributed by atoms with Crippen molar-refractivity contribution in [2.75, 3.05) is 30.9 Å². The second kappa shape index (κ2) is 8.19. The topological polar surface area (TPSA) is 74.7 Å². The number of methoxy groups -OCH3 is 1. The molecule has 0 saturated carbocycles. The number of ether oxygens (including phenoxy) is 1. The summed E-state index contributed by atoms with van der Waals surface area (Å²) in [6, 6.07) is 8.95. The van der Waals surface area contributed by atoms with Crippen LogP contribution in [0.5, 0.6) is 5.88 Å². The second-order valence-electron chi connectivity index (χ2n) is 6.60. The fraction of sp³-hybridized carbons (Fsp3) is 0.400. The van der Waals surface area contributed by atoms with Gasteiger partial charge in [-0.25, -0.2) is 4.98 Å². The Bertz CT molecular complexity index is 761. The third kappa shape index (κ3) is 4.14. The smallest absolute Gasteiger partial charge is 0.255 e. The molecule has 6 nitrogen and oxygen atoms in total. The van der Waals surface area contributed by atoms with Gasteiger partial charge in [-0.3, -0.25) is 4.79 Å². The monoisotopic (exact) mass is 355 g/mol. The molecule has 2 aromatic rings. The van der Waals surface area contributed by atoms with Crippen LogP contribution in [0.15, 0.2) is 36.5 Å². The average molecular weight is 355 g/mol. The number of aliphatic hydroxyl groups excluding tert-OH is 1. The minimum atomic E-state index is -0.555. The van der Waals surface area contributed by atoms with Crippen molar-refractivity contribution in [3.05, 3.63) is 47.7 Å². The first-order chi connectivity index (χ1) is 12.6. The lowest BCUT2D eigenvalue weighted by Crippen LogP contribution is -2.21. The van der Waals surface area contributed by atoms with Gasteiger partial charge in [-0.15, -0.1) is 0 Å². The number of rotatable bonds is 3. The molecule has 0 radical (unpaired) electrons. The number of nitrogens with zero attached hydrogens (tertiary/aromatic N) is 2. The molecule has 6 heteroatoms. The molecule has 2 heterocycles. The summed E-state index contributed by atoms with van der Waals surface area (Å²) < 4.78 is 5.02. The lowest BCUT2D eigenvalue weighted by Gasteiger charge is -2.24. The number of anilines is 2. The van der Waals surface area contributed by atoms with Gasteiger partial charge >= 0.3 is 0 Å². The van der Waals surface area contributed by atoms with Crippen LogP contribution in [0.2, 0.25) is 0 Å². The molecule has 0 fully saturated rings. The minimum absolute atomic E-state index is 0.227. The highest BCUT2D eigenvalue weighted by Gasteiger charge is 2.19. The Hall–Kier alpha value is -2.60. The molecule has 2 N–H and O–H groups in total. The summed E-state index contributed by atoms with van der Waals surface area (Å²) >= 11 is 0. The van der Waals surface area contributed by atoms with Gasteiger partial charge in [0.1, 0.15) is 0 Å². The minimum Gasteiger partial charge on any atom is -0.481 e. The molecular formula is C20H25N3O3. The van der Waals surface area contributed by atoms with Crippen LogP contribution in [-0.4, -0.2) is 36.7 Å². The maximum absolute atomic E-state index is 12.6. The van der Waals surface area contributed by atoms with Crippen molar-refractivity contribution in [1.82, 2.24) is 4.98 Å². The van der Waals surface area contributed by atoms with E-state index in [9.17, 15) is 9.90 Å². The van der Waals surface area contributed by atoms with Gasteiger partial charge in [-0.2, -0.15) is 0 Å². The third-order valence-corrected chi connectivity index (χ3v) is 4.73. The van der Waals surface area contributed by atoms with Crippen LogP contribution >= 0.6 is 0 Å². The fourth-order valence-corrected chi connectivity index (χ4v) is 3.23. The predicted molar refractivity (Wildman–Crippen MR) is 102 cm³/mol. The van der Waals surface area contributed by atoms with Crippen molar-refractivity contribution in [1.29, 1.82) is 0 Å². The molecule has 1 aliphatic rings. The van der Waals surface area contributed by atoms with Crippen LogP contribution < -0.4 is 15.0 Å². The first kappa shape index (κ1) is 18.2. The maximum Gasteiger partial charge on any atom is 0.255 e. The van der Waals surface area contributed by atoms with Gasteiger partial charge in [0.05, 0.1) is 25.1 Å². The van der Waals surface area contributed by atoms with E-state index in [0.29, 0.717) is 23.6 Å². The van der Waals surface area contributed by atoms with Crippen molar-refractivity contribution in [3.63, 3.8) is 0 Å². The van der Waals surface area contributed by atoms with E-state index in [1.165, 1.54) is 0 Å². The molecule has 0 spiro atoms. The molecule has 1 aromatic carbocycles. The number of carbonyl (C=O) groups excluding carboxylic acids is 1. The number of pyridine rings is 1. The van der Waals surface area contributed by atoms with E-state index < -0.39 is 6.10 Å². The molecule has 1 amide bonds. The van der Waals surface area contributed by atoms with Crippen LogP contribution in [0.1, 0.15) is 47.7 Å². The molecule has 1 unspecified atom stereocenters. The number of fused-ring (bicyclic) bond motifs is 1. The largest absolute Gasteiger partial charge is 0.481 e. The average Bonchev–Trinajstić information content (AvgIpc) is 2.73.